The maximum absolute atomic E-state index is 14.4. The highest BCUT2D eigenvalue weighted by Gasteiger charge is 2.50. The van der Waals surface area contributed by atoms with E-state index in [1.165, 1.54) is 12.1 Å². The molecule has 0 amide bonds. The highest BCUT2D eigenvalue weighted by Crippen LogP contribution is 2.67. The van der Waals surface area contributed by atoms with Gasteiger partial charge in [-0.3, -0.25) is 0 Å². The molecular weight excluding hydrogens is 345 g/mol. The molecule has 0 bridgehead atoms. The summed E-state index contributed by atoms with van der Waals surface area (Å²) in [6, 6.07) is 5.73. The summed E-state index contributed by atoms with van der Waals surface area (Å²) in [6.45, 7) is -0.228. The number of benzene rings is 1. The van der Waals surface area contributed by atoms with Gasteiger partial charge in [0.15, 0.2) is 0 Å². The quantitative estimate of drug-likeness (QED) is 0.675. The third-order valence-electron chi connectivity index (χ3n) is 2.13. The van der Waals surface area contributed by atoms with Gasteiger partial charge in [0.25, 0.3) is 6.49 Å². The van der Waals surface area contributed by atoms with Crippen molar-refractivity contribution in [3.8, 4) is 0 Å². The Morgan fingerprint density at radius 1 is 1.17 bits per heavy atom. The van der Waals surface area contributed by atoms with E-state index in [-0.39, 0.29) is 18.8 Å². The summed E-state index contributed by atoms with van der Waals surface area (Å²) in [5.74, 6) is 0. The molecule has 0 saturated heterocycles. The highest BCUT2D eigenvalue weighted by molar-refractivity contribution is 9.10. The van der Waals surface area contributed by atoms with E-state index in [0.717, 1.165) is 4.47 Å². The molecule has 7 heteroatoms. The Morgan fingerprint density at radius 3 is 2.00 bits per heavy atom. The molecule has 0 aliphatic heterocycles. The van der Waals surface area contributed by atoms with Crippen molar-refractivity contribution in [3.05, 3.63) is 34.3 Å². The fraction of sp³-hybridized carbons (Fsp3) is 0.455. The number of hydrogen-bond donors (Lipinski definition) is 0. The number of halogens is 3. The molecule has 0 atom stereocenters. The van der Waals surface area contributed by atoms with Crippen LogP contribution in [0, 0.1) is 0 Å². The van der Waals surface area contributed by atoms with Crippen LogP contribution in [0.15, 0.2) is 28.7 Å². The van der Waals surface area contributed by atoms with E-state index in [9.17, 15) is 8.78 Å². The first kappa shape index (κ1) is 16.2. The minimum atomic E-state index is -3.67. The van der Waals surface area contributed by atoms with Crippen molar-refractivity contribution in [1.82, 2.24) is 0 Å². The van der Waals surface area contributed by atoms with E-state index in [4.69, 9.17) is 20.9 Å². The molecule has 0 aliphatic rings. The van der Waals surface area contributed by atoms with Gasteiger partial charge in [0.2, 0.25) is 0 Å². The Morgan fingerprint density at radius 2 is 1.61 bits per heavy atom. The number of rotatable bonds is 6. The summed E-state index contributed by atoms with van der Waals surface area (Å²) >= 11 is 8.16. The lowest BCUT2D eigenvalue weighted by Crippen LogP contribution is -2.18. The Labute approximate surface area is 119 Å². The number of hydrogen-bond acceptors (Lipinski definition) is 3. The molecule has 102 valence electrons. The van der Waals surface area contributed by atoms with E-state index < -0.39 is 12.2 Å². The van der Waals surface area contributed by atoms with Crippen molar-refractivity contribution in [2.45, 2.75) is 19.5 Å². The van der Waals surface area contributed by atoms with Crippen molar-refractivity contribution in [2.75, 3.05) is 13.2 Å². The Bertz CT molecular complexity index is 429. The molecule has 18 heavy (non-hydrogen) atoms. The SMILES string of the molecule is CCOP(=S)(OCC)C(F)(F)c1ccc(Br)cc1. The normalized spacial score (nSPS) is 12.7. The first-order chi connectivity index (χ1) is 8.37. The van der Waals surface area contributed by atoms with Crippen LogP contribution in [0.25, 0.3) is 0 Å². The number of alkyl halides is 2. The van der Waals surface area contributed by atoms with Crippen molar-refractivity contribution < 1.29 is 17.8 Å². The molecule has 0 aliphatic carbocycles. The summed E-state index contributed by atoms with van der Waals surface area (Å²) in [5.41, 5.74) is -3.48. The van der Waals surface area contributed by atoms with Gasteiger partial charge in [-0.05, 0) is 37.8 Å². The van der Waals surface area contributed by atoms with Crippen LogP contribution < -0.4 is 0 Å². The largest absolute Gasteiger partial charge is 0.345 e. The Kier molecular flexibility index (Phi) is 5.87. The maximum Gasteiger partial charge on any atom is 0.345 e. The van der Waals surface area contributed by atoms with E-state index in [1.54, 1.807) is 26.0 Å². The van der Waals surface area contributed by atoms with Gasteiger partial charge in [0.05, 0.1) is 13.2 Å². The van der Waals surface area contributed by atoms with Gasteiger partial charge in [-0.1, -0.05) is 28.1 Å². The van der Waals surface area contributed by atoms with Crippen LogP contribution in [0.2, 0.25) is 0 Å². The van der Waals surface area contributed by atoms with Crippen LogP contribution >= 0.6 is 22.4 Å². The van der Waals surface area contributed by atoms with Gasteiger partial charge >= 0.3 is 5.66 Å². The molecule has 0 fully saturated rings. The summed E-state index contributed by atoms with van der Waals surface area (Å²) in [4.78, 5) is 0. The van der Waals surface area contributed by atoms with Crippen LogP contribution in [0.3, 0.4) is 0 Å². The van der Waals surface area contributed by atoms with Crippen LogP contribution in [0.5, 0.6) is 0 Å². The molecule has 1 aromatic carbocycles. The third-order valence-corrected chi connectivity index (χ3v) is 6.12. The second kappa shape index (κ2) is 6.53. The van der Waals surface area contributed by atoms with Gasteiger partial charge in [-0.25, -0.2) is 0 Å². The molecule has 1 aromatic rings. The van der Waals surface area contributed by atoms with Gasteiger partial charge in [-0.15, -0.1) is 0 Å². The Hall–Kier alpha value is 0.130. The zero-order valence-corrected chi connectivity index (χ0v) is 13.3. The van der Waals surface area contributed by atoms with Crippen LogP contribution in [-0.4, -0.2) is 13.2 Å². The monoisotopic (exact) mass is 358 g/mol. The fourth-order valence-electron chi connectivity index (χ4n) is 1.35. The highest BCUT2D eigenvalue weighted by atomic mass is 79.9. The second-order valence-electron chi connectivity index (χ2n) is 3.38. The zero-order chi connectivity index (χ0) is 13.8. The lowest BCUT2D eigenvalue weighted by Gasteiger charge is -2.29. The maximum atomic E-state index is 14.4. The van der Waals surface area contributed by atoms with Crippen LogP contribution in [0.1, 0.15) is 19.4 Å². The van der Waals surface area contributed by atoms with Crippen molar-refractivity contribution in [2.24, 2.45) is 0 Å². The molecule has 1 rings (SSSR count). The molecule has 0 heterocycles. The van der Waals surface area contributed by atoms with E-state index in [2.05, 4.69) is 15.9 Å². The predicted octanol–water partition coefficient (Wildman–Crippen LogP) is 4.88. The van der Waals surface area contributed by atoms with Gasteiger partial charge in [0.1, 0.15) is 0 Å². The molecular formula is C11H14BrF2O2PS. The van der Waals surface area contributed by atoms with Gasteiger partial charge in [-0.2, -0.15) is 8.78 Å². The minimum Gasteiger partial charge on any atom is -0.325 e. The lowest BCUT2D eigenvalue weighted by molar-refractivity contribution is 0.0554. The molecule has 0 N–H and O–H groups in total. The smallest absolute Gasteiger partial charge is 0.325 e. The summed E-state index contributed by atoms with van der Waals surface area (Å²) < 4.78 is 39.6. The summed E-state index contributed by atoms with van der Waals surface area (Å²) in [5, 5.41) is 0. The van der Waals surface area contributed by atoms with Crippen molar-refractivity contribution in [3.63, 3.8) is 0 Å². The van der Waals surface area contributed by atoms with Crippen molar-refractivity contribution >= 4 is 34.2 Å². The van der Waals surface area contributed by atoms with Crippen LogP contribution in [0.4, 0.5) is 8.78 Å². The molecule has 2 nitrogen and oxygen atoms in total. The molecule has 0 radical (unpaired) electrons. The van der Waals surface area contributed by atoms with Gasteiger partial charge < -0.3 is 9.05 Å². The first-order valence-corrected chi connectivity index (χ1v) is 8.83. The molecule has 0 spiro atoms. The molecule has 0 unspecified atom stereocenters. The zero-order valence-electron chi connectivity index (χ0n) is 10.0. The average molecular weight is 359 g/mol. The lowest BCUT2D eigenvalue weighted by atomic mass is 10.2. The van der Waals surface area contributed by atoms with E-state index in [1.807, 2.05) is 0 Å². The van der Waals surface area contributed by atoms with Crippen LogP contribution in [-0.2, 0) is 26.5 Å². The topological polar surface area (TPSA) is 18.5 Å². The summed E-state index contributed by atoms with van der Waals surface area (Å²) in [6.07, 6.45) is 0. The van der Waals surface area contributed by atoms with Gasteiger partial charge in [0, 0.05) is 10.0 Å². The molecule has 0 saturated carbocycles. The third kappa shape index (κ3) is 3.36. The Balaban J connectivity index is 3.15. The van der Waals surface area contributed by atoms with Crippen molar-refractivity contribution in [1.29, 1.82) is 0 Å². The van der Waals surface area contributed by atoms with E-state index >= 15 is 0 Å². The minimum absolute atomic E-state index is 0.101. The first-order valence-electron chi connectivity index (χ1n) is 5.40. The predicted molar refractivity (Wildman–Crippen MR) is 75.6 cm³/mol. The summed E-state index contributed by atoms with van der Waals surface area (Å²) in [7, 11) is 0. The molecule has 0 aromatic heterocycles. The fourth-order valence-corrected chi connectivity index (χ4v) is 4.10. The average Bonchev–Trinajstić information content (AvgIpc) is 2.30. The standard InChI is InChI=1S/C11H14BrF2O2PS/c1-3-15-17(18,16-4-2)11(13,14)9-5-7-10(12)8-6-9/h5-8H,3-4H2,1-2H3. The van der Waals surface area contributed by atoms with E-state index in [0.29, 0.717) is 0 Å². The second-order valence-corrected chi connectivity index (χ2v) is 7.81.